The summed E-state index contributed by atoms with van der Waals surface area (Å²) in [6, 6.07) is 14.5. The van der Waals surface area contributed by atoms with E-state index in [4.69, 9.17) is 18.6 Å². The molecular weight excluding hydrogens is 456 g/mol. The van der Waals surface area contributed by atoms with Crippen molar-refractivity contribution in [3.05, 3.63) is 71.1 Å². The summed E-state index contributed by atoms with van der Waals surface area (Å²) in [5, 5.41) is 0.774. The number of hydrogen-bond acceptors (Lipinski definition) is 6. The zero-order chi connectivity index (χ0) is 26.9. The molecule has 0 aliphatic rings. The Labute approximate surface area is 213 Å². The number of hydrogen-bond donors (Lipinski definition) is 0. The lowest BCUT2D eigenvalue weighted by Crippen LogP contribution is -2.51. The van der Waals surface area contributed by atoms with Crippen LogP contribution in [0.4, 0.5) is 0 Å². The summed E-state index contributed by atoms with van der Waals surface area (Å²) in [6.45, 7) is 17.9. The number of carbonyl (C=O) groups is 1. The van der Waals surface area contributed by atoms with Crippen LogP contribution in [0.3, 0.4) is 0 Å². The van der Waals surface area contributed by atoms with Crippen LogP contribution in [0.1, 0.15) is 61.3 Å². The summed E-state index contributed by atoms with van der Waals surface area (Å²) in [4.78, 5) is 23.5. The highest BCUT2D eigenvalue weighted by molar-refractivity contribution is 5.82. The highest BCUT2D eigenvalue weighted by atomic mass is 16.6. The summed E-state index contributed by atoms with van der Waals surface area (Å²) in [6.07, 6.45) is 2.07. The van der Waals surface area contributed by atoms with Gasteiger partial charge in [0.15, 0.2) is 0 Å². The maximum absolute atomic E-state index is 12.7. The van der Waals surface area contributed by atoms with Crippen molar-refractivity contribution in [2.45, 2.75) is 72.5 Å². The largest absolute Gasteiger partial charge is 0.494 e. The molecule has 0 saturated heterocycles. The number of rotatable bonds is 10. The minimum Gasteiger partial charge on any atom is -0.494 e. The molecule has 0 spiro atoms. The third-order valence-electron chi connectivity index (χ3n) is 5.81. The van der Waals surface area contributed by atoms with Gasteiger partial charge in [0, 0.05) is 11.5 Å². The lowest BCUT2D eigenvalue weighted by Gasteiger charge is -2.39. The van der Waals surface area contributed by atoms with Crippen LogP contribution in [0.15, 0.2) is 69.9 Å². The Morgan fingerprint density at radius 3 is 2.17 bits per heavy atom. The monoisotopic (exact) mass is 494 g/mol. The molecule has 0 aliphatic carbocycles. The SMILES string of the molecule is C=C(C)C.CCCCOc1ccc(-c2cc3ccc(OC(C)(C)C(C)(C)OC=O)cc3oc2=O)cc1. The van der Waals surface area contributed by atoms with Crippen molar-refractivity contribution in [2.24, 2.45) is 0 Å². The molecule has 36 heavy (non-hydrogen) atoms. The van der Waals surface area contributed by atoms with Gasteiger partial charge in [0.1, 0.15) is 28.3 Å². The molecule has 2 aromatic carbocycles. The van der Waals surface area contributed by atoms with E-state index >= 15 is 0 Å². The average Bonchev–Trinajstić information content (AvgIpc) is 2.78. The smallest absolute Gasteiger partial charge is 0.344 e. The van der Waals surface area contributed by atoms with Crippen LogP contribution in [0.25, 0.3) is 22.1 Å². The fourth-order valence-electron chi connectivity index (χ4n) is 3.10. The molecule has 0 saturated carbocycles. The molecule has 3 rings (SSSR count). The molecule has 0 unspecified atom stereocenters. The second kappa shape index (κ2) is 12.4. The summed E-state index contributed by atoms with van der Waals surface area (Å²) < 4.78 is 22.5. The van der Waals surface area contributed by atoms with Gasteiger partial charge in [-0.05, 0) is 83.9 Å². The Morgan fingerprint density at radius 1 is 0.972 bits per heavy atom. The minimum absolute atomic E-state index is 0.413. The lowest BCUT2D eigenvalue weighted by atomic mass is 9.89. The number of allylic oxidation sites excluding steroid dienone is 1. The van der Waals surface area contributed by atoms with Crippen molar-refractivity contribution in [3.8, 4) is 22.6 Å². The standard InChI is InChI=1S/C26H30O6.C4H8/c1-6-7-14-29-20-11-8-18(9-12-20)22-15-19-10-13-21(16-23(19)31-24(22)28)32-26(4,5)25(2,3)30-17-27;1-4(2)3/h8-13,15-17H,6-7,14H2,1-5H3;1H2,2-3H3. The molecule has 194 valence electrons. The quantitative estimate of drug-likeness (QED) is 0.127. The van der Waals surface area contributed by atoms with Crippen LogP contribution in [0.2, 0.25) is 0 Å². The van der Waals surface area contributed by atoms with Gasteiger partial charge in [-0.15, -0.1) is 6.58 Å². The molecular formula is C30H38O6. The number of ether oxygens (including phenoxy) is 3. The Bertz CT molecular complexity index is 1210. The van der Waals surface area contributed by atoms with E-state index in [1.165, 1.54) is 5.57 Å². The Hall–Kier alpha value is -3.54. The van der Waals surface area contributed by atoms with Gasteiger partial charge in [0.2, 0.25) is 0 Å². The van der Waals surface area contributed by atoms with Gasteiger partial charge < -0.3 is 18.6 Å². The van der Waals surface area contributed by atoms with Crippen LogP contribution in [-0.4, -0.2) is 24.3 Å². The molecule has 3 aromatic rings. The fraction of sp³-hybridized carbons (Fsp3) is 0.400. The van der Waals surface area contributed by atoms with E-state index in [9.17, 15) is 9.59 Å². The highest BCUT2D eigenvalue weighted by Crippen LogP contribution is 2.32. The minimum atomic E-state index is -0.860. The molecule has 0 fully saturated rings. The molecule has 0 radical (unpaired) electrons. The maximum Gasteiger partial charge on any atom is 0.344 e. The van der Waals surface area contributed by atoms with E-state index in [-0.39, 0.29) is 0 Å². The first kappa shape index (κ1) is 28.7. The second-order valence-electron chi connectivity index (χ2n) is 9.92. The van der Waals surface area contributed by atoms with E-state index in [0.717, 1.165) is 29.5 Å². The van der Waals surface area contributed by atoms with Crippen molar-refractivity contribution in [1.82, 2.24) is 0 Å². The molecule has 0 aliphatic heterocycles. The maximum atomic E-state index is 12.7. The van der Waals surface area contributed by atoms with E-state index in [1.807, 2.05) is 64.1 Å². The first-order valence-corrected chi connectivity index (χ1v) is 12.1. The van der Waals surface area contributed by atoms with Crippen molar-refractivity contribution < 1.29 is 23.4 Å². The normalized spacial score (nSPS) is 11.3. The van der Waals surface area contributed by atoms with E-state index in [2.05, 4.69) is 13.5 Å². The number of unbranched alkanes of at least 4 members (excludes halogenated alkanes) is 1. The first-order valence-electron chi connectivity index (χ1n) is 12.1. The summed E-state index contributed by atoms with van der Waals surface area (Å²) in [5.41, 5.74) is 0.715. The highest BCUT2D eigenvalue weighted by Gasteiger charge is 2.41. The van der Waals surface area contributed by atoms with Gasteiger partial charge in [-0.1, -0.05) is 31.1 Å². The topological polar surface area (TPSA) is 75.0 Å². The summed E-state index contributed by atoms with van der Waals surface area (Å²) in [7, 11) is 0. The van der Waals surface area contributed by atoms with E-state index in [1.54, 1.807) is 26.0 Å². The Kier molecular flexibility index (Phi) is 9.91. The predicted molar refractivity (Wildman–Crippen MR) is 145 cm³/mol. The third kappa shape index (κ3) is 7.74. The third-order valence-corrected chi connectivity index (χ3v) is 5.81. The number of carbonyl (C=O) groups excluding carboxylic acids is 1. The molecule has 0 atom stereocenters. The van der Waals surface area contributed by atoms with E-state index in [0.29, 0.717) is 30.0 Å². The zero-order valence-electron chi connectivity index (χ0n) is 22.5. The van der Waals surface area contributed by atoms with Crippen LogP contribution < -0.4 is 15.1 Å². The average molecular weight is 495 g/mol. The lowest BCUT2D eigenvalue weighted by molar-refractivity contribution is -0.161. The van der Waals surface area contributed by atoms with Gasteiger partial charge in [0.05, 0.1) is 12.2 Å². The van der Waals surface area contributed by atoms with Gasteiger partial charge >= 0.3 is 5.63 Å². The first-order chi connectivity index (χ1) is 16.9. The van der Waals surface area contributed by atoms with Crippen LogP contribution in [0.5, 0.6) is 11.5 Å². The number of benzene rings is 2. The number of fused-ring (bicyclic) bond motifs is 1. The van der Waals surface area contributed by atoms with E-state index < -0.39 is 16.8 Å². The molecule has 6 heteroatoms. The van der Waals surface area contributed by atoms with Gasteiger partial charge in [-0.3, -0.25) is 4.79 Å². The second-order valence-corrected chi connectivity index (χ2v) is 9.92. The van der Waals surface area contributed by atoms with Gasteiger partial charge in [-0.25, -0.2) is 4.79 Å². The molecule has 1 aromatic heterocycles. The molecule has 6 nitrogen and oxygen atoms in total. The molecule has 0 N–H and O–H groups in total. The van der Waals surface area contributed by atoms with Crippen LogP contribution in [-0.2, 0) is 9.53 Å². The Balaban J connectivity index is 0.00000106. The van der Waals surface area contributed by atoms with Crippen molar-refractivity contribution >= 4 is 17.4 Å². The Morgan fingerprint density at radius 2 is 1.58 bits per heavy atom. The van der Waals surface area contributed by atoms with Crippen molar-refractivity contribution in [3.63, 3.8) is 0 Å². The van der Waals surface area contributed by atoms with Gasteiger partial charge in [0.25, 0.3) is 6.47 Å². The van der Waals surface area contributed by atoms with Gasteiger partial charge in [-0.2, -0.15) is 0 Å². The van der Waals surface area contributed by atoms with Crippen molar-refractivity contribution in [1.29, 1.82) is 0 Å². The summed E-state index contributed by atoms with van der Waals surface area (Å²) >= 11 is 0. The van der Waals surface area contributed by atoms with Crippen LogP contribution >= 0.6 is 0 Å². The fourth-order valence-corrected chi connectivity index (χ4v) is 3.10. The summed E-state index contributed by atoms with van der Waals surface area (Å²) in [5.74, 6) is 1.29. The molecule has 1 heterocycles. The molecule has 0 bridgehead atoms. The zero-order valence-corrected chi connectivity index (χ0v) is 22.5. The molecule has 0 amide bonds. The predicted octanol–water partition coefficient (Wildman–Crippen LogP) is 7.33. The van der Waals surface area contributed by atoms with Crippen molar-refractivity contribution in [2.75, 3.05) is 6.61 Å². The van der Waals surface area contributed by atoms with Crippen LogP contribution in [0, 0.1) is 0 Å².